The van der Waals surface area contributed by atoms with E-state index in [1.807, 2.05) is 6.92 Å². The summed E-state index contributed by atoms with van der Waals surface area (Å²) >= 11 is 0. The van der Waals surface area contributed by atoms with Gasteiger partial charge in [0, 0.05) is 13.1 Å². The van der Waals surface area contributed by atoms with Crippen molar-refractivity contribution in [2.24, 2.45) is 27.2 Å². The highest BCUT2D eigenvalue weighted by Gasteiger charge is 2.17. The third-order valence-corrected chi connectivity index (χ3v) is 3.37. The van der Waals surface area contributed by atoms with Gasteiger partial charge in [0.15, 0.2) is 12.6 Å². The predicted octanol–water partition coefficient (Wildman–Crippen LogP) is -0.548. The average molecular weight is 334 g/mol. The van der Waals surface area contributed by atoms with Crippen LogP contribution in [0, 0.1) is 6.92 Å². The zero-order chi connectivity index (χ0) is 17.5. The first-order chi connectivity index (χ1) is 11.5. The summed E-state index contributed by atoms with van der Waals surface area (Å²) in [6.07, 6.45) is 0. The van der Waals surface area contributed by atoms with Crippen molar-refractivity contribution in [3.8, 4) is 5.75 Å². The first-order valence-corrected chi connectivity index (χ1v) is 7.48. The minimum Gasteiger partial charge on any atom is -0.484 e. The molecular formula is C15H22N6O3. The number of carbonyl (C=O) groups excluding carboxylic acids is 1. The molecule has 9 heteroatoms. The van der Waals surface area contributed by atoms with E-state index in [4.69, 9.17) is 26.7 Å². The summed E-state index contributed by atoms with van der Waals surface area (Å²) in [5.74, 6) is 0.327. The minimum absolute atomic E-state index is 0.0157. The molecule has 0 atom stereocenters. The summed E-state index contributed by atoms with van der Waals surface area (Å²) in [6.45, 7) is 4.15. The van der Waals surface area contributed by atoms with Crippen LogP contribution in [0.5, 0.6) is 5.75 Å². The van der Waals surface area contributed by atoms with E-state index >= 15 is 0 Å². The van der Waals surface area contributed by atoms with Gasteiger partial charge >= 0.3 is 0 Å². The molecule has 1 aromatic rings. The van der Waals surface area contributed by atoms with Gasteiger partial charge in [-0.1, -0.05) is 0 Å². The summed E-state index contributed by atoms with van der Waals surface area (Å²) in [5.41, 5.74) is 17.5. The van der Waals surface area contributed by atoms with Crippen LogP contribution in [-0.4, -0.2) is 55.6 Å². The highest BCUT2D eigenvalue weighted by molar-refractivity contribution is 5.93. The normalized spacial score (nSPS) is 15.0. The van der Waals surface area contributed by atoms with Crippen molar-refractivity contribution in [1.82, 2.24) is 4.90 Å². The number of nitrogens with two attached hydrogens (primary N) is 3. The molecule has 1 aliphatic rings. The molecule has 0 bridgehead atoms. The first kappa shape index (κ1) is 17.5. The molecule has 24 heavy (non-hydrogen) atoms. The summed E-state index contributed by atoms with van der Waals surface area (Å²) in [5, 5.41) is 0. The first-order valence-electron chi connectivity index (χ1n) is 7.48. The quantitative estimate of drug-likeness (QED) is 0.498. The Balaban J connectivity index is 1.96. The Bertz CT molecular complexity index is 649. The maximum atomic E-state index is 12.0. The molecule has 1 saturated heterocycles. The second-order valence-electron chi connectivity index (χ2n) is 5.24. The van der Waals surface area contributed by atoms with Crippen LogP contribution in [0.15, 0.2) is 28.2 Å². The molecule has 0 radical (unpaired) electrons. The molecule has 1 aliphatic heterocycles. The standard InChI is InChI=1S/C15H22N6O3/c1-10-8-11(2-3-12(10)19-15(18)20-14(16)17)24-9-13(22)21-4-6-23-7-5-21/h2-3,8H,4-7,9H2,1H3,(H6,16,17,18,19,20). The van der Waals surface area contributed by atoms with E-state index in [9.17, 15) is 4.79 Å². The average Bonchev–Trinajstić information content (AvgIpc) is 2.55. The van der Waals surface area contributed by atoms with Gasteiger partial charge in [-0.15, -0.1) is 0 Å². The number of rotatable bonds is 4. The van der Waals surface area contributed by atoms with Crippen molar-refractivity contribution in [3.05, 3.63) is 23.8 Å². The number of aliphatic imine (C=N–C) groups is 2. The number of hydrogen-bond acceptors (Lipinski definition) is 4. The SMILES string of the molecule is Cc1cc(OCC(=O)N2CCOCC2)ccc1N=C(N)N=C(N)N. The van der Waals surface area contributed by atoms with Gasteiger partial charge in [-0.3, -0.25) is 4.79 Å². The van der Waals surface area contributed by atoms with Crippen LogP contribution in [0.2, 0.25) is 0 Å². The molecule has 1 fully saturated rings. The molecule has 1 heterocycles. The lowest BCUT2D eigenvalue weighted by atomic mass is 10.2. The molecule has 0 saturated carbocycles. The van der Waals surface area contributed by atoms with Gasteiger partial charge in [0.05, 0.1) is 18.9 Å². The van der Waals surface area contributed by atoms with Gasteiger partial charge in [-0.05, 0) is 30.7 Å². The smallest absolute Gasteiger partial charge is 0.260 e. The van der Waals surface area contributed by atoms with Crippen molar-refractivity contribution < 1.29 is 14.3 Å². The van der Waals surface area contributed by atoms with Crippen LogP contribution in [0.25, 0.3) is 0 Å². The van der Waals surface area contributed by atoms with Crippen molar-refractivity contribution in [2.45, 2.75) is 6.92 Å². The van der Waals surface area contributed by atoms with Crippen LogP contribution in [-0.2, 0) is 9.53 Å². The van der Waals surface area contributed by atoms with E-state index in [0.717, 1.165) is 5.56 Å². The highest BCUT2D eigenvalue weighted by atomic mass is 16.5. The number of nitrogens with zero attached hydrogens (tertiary/aromatic N) is 3. The van der Waals surface area contributed by atoms with E-state index in [1.54, 1.807) is 23.1 Å². The zero-order valence-electron chi connectivity index (χ0n) is 13.6. The van der Waals surface area contributed by atoms with E-state index in [1.165, 1.54) is 0 Å². The summed E-state index contributed by atoms with van der Waals surface area (Å²) in [7, 11) is 0. The lowest BCUT2D eigenvalue weighted by molar-refractivity contribution is -0.137. The monoisotopic (exact) mass is 334 g/mol. The molecule has 2 rings (SSSR count). The Labute approximate surface area is 140 Å². The summed E-state index contributed by atoms with van der Waals surface area (Å²) in [6, 6.07) is 5.20. The van der Waals surface area contributed by atoms with Crippen molar-refractivity contribution in [3.63, 3.8) is 0 Å². The fourth-order valence-electron chi connectivity index (χ4n) is 2.17. The van der Waals surface area contributed by atoms with Crippen molar-refractivity contribution in [1.29, 1.82) is 0 Å². The van der Waals surface area contributed by atoms with E-state index in [-0.39, 0.29) is 24.4 Å². The predicted molar refractivity (Wildman–Crippen MR) is 91.2 cm³/mol. The Morgan fingerprint density at radius 3 is 2.62 bits per heavy atom. The maximum Gasteiger partial charge on any atom is 0.260 e. The molecule has 6 N–H and O–H groups in total. The molecule has 0 aliphatic carbocycles. The third-order valence-electron chi connectivity index (χ3n) is 3.37. The highest BCUT2D eigenvalue weighted by Crippen LogP contribution is 2.24. The minimum atomic E-state index is -0.157. The largest absolute Gasteiger partial charge is 0.484 e. The number of carbonyl (C=O) groups is 1. The van der Waals surface area contributed by atoms with Crippen molar-refractivity contribution >= 4 is 23.5 Å². The fraction of sp³-hybridized carbons (Fsp3) is 0.400. The van der Waals surface area contributed by atoms with Gasteiger partial charge in [-0.2, -0.15) is 4.99 Å². The second kappa shape index (κ2) is 8.16. The van der Waals surface area contributed by atoms with Gasteiger partial charge in [0.1, 0.15) is 5.75 Å². The Kier molecular flexibility index (Phi) is 5.96. The van der Waals surface area contributed by atoms with Gasteiger partial charge in [0.25, 0.3) is 5.91 Å². The number of guanidine groups is 2. The summed E-state index contributed by atoms with van der Waals surface area (Å²) in [4.78, 5) is 21.5. The number of amides is 1. The number of benzene rings is 1. The van der Waals surface area contributed by atoms with E-state index in [0.29, 0.717) is 37.7 Å². The lowest BCUT2D eigenvalue weighted by Crippen LogP contribution is -2.42. The molecule has 9 nitrogen and oxygen atoms in total. The van der Waals surface area contributed by atoms with Crippen molar-refractivity contribution in [2.75, 3.05) is 32.9 Å². The van der Waals surface area contributed by atoms with E-state index < -0.39 is 0 Å². The second-order valence-corrected chi connectivity index (χ2v) is 5.24. The molecular weight excluding hydrogens is 312 g/mol. The third kappa shape index (κ3) is 5.13. The number of morpholine rings is 1. The Morgan fingerprint density at radius 1 is 1.29 bits per heavy atom. The van der Waals surface area contributed by atoms with Gasteiger partial charge in [-0.25, -0.2) is 4.99 Å². The van der Waals surface area contributed by atoms with Gasteiger partial charge < -0.3 is 31.6 Å². The zero-order valence-corrected chi connectivity index (χ0v) is 13.6. The lowest BCUT2D eigenvalue weighted by Gasteiger charge is -2.26. The molecule has 1 amide bonds. The molecule has 0 spiro atoms. The number of ether oxygens (including phenoxy) is 2. The molecule has 1 aromatic carbocycles. The summed E-state index contributed by atoms with van der Waals surface area (Å²) < 4.78 is 10.8. The Hall–Kier alpha value is -2.81. The van der Waals surface area contributed by atoms with Gasteiger partial charge in [0.2, 0.25) is 5.96 Å². The number of aryl methyl sites for hydroxylation is 1. The van der Waals surface area contributed by atoms with Crippen LogP contribution < -0.4 is 21.9 Å². The van der Waals surface area contributed by atoms with Crippen LogP contribution in [0.1, 0.15) is 5.56 Å². The topological polar surface area (TPSA) is 142 Å². The van der Waals surface area contributed by atoms with Crippen LogP contribution >= 0.6 is 0 Å². The molecule has 0 aromatic heterocycles. The van der Waals surface area contributed by atoms with Crippen LogP contribution in [0.4, 0.5) is 5.69 Å². The Morgan fingerprint density at radius 2 is 2.00 bits per heavy atom. The number of hydrogen-bond donors (Lipinski definition) is 3. The molecule has 130 valence electrons. The molecule has 0 unspecified atom stereocenters. The maximum absolute atomic E-state index is 12.0. The van der Waals surface area contributed by atoms with E-state index in [2.05, 4.69) is 9.98 Å². The van der Waals surface area contributed by atoms with Crippen LogP contribution in [0.3, 0.4) is 0 Å². The fourth-order valence-corrected chi connectivity index (χ4v) is 2.17.